The third-order valence-corrected chi connectivity index (χ3v) is 4.83. The Morgan fingerprint density at radius 2 is 1.95 bits per heavy atom. The number of Topliss-reactive ketones (excluding diaryl/α,β-unsaturated/α-hetero) is 1. The first-order valence-corrected chi connectivity index (χ1v) is 8.92. The van der Waals surface area contributed by atoms with Crippen molar-refractivity contribution in [2.45, 2.75) is 68.9 Å². The predicted molar refractivity (Wildman–Crippen MR) is 91.3 cm³/mol. The molecule has 0 aliphatic heterocycles. The van der Waals surface area contributed by atoms with Crippen molar-refractivity contribution < 1.29 is 9.53 Å². The van der Waals surface area contributed by atoms with E-state index in [9.17, 15) is 4.79 Å². The van der Waals surface area contributed by atoms with E-state index >= 15 is 0 Å². The molecule has 0 fully saturated rings. The number of ketones is 1. The Morgan fingerprint density at radius 3 is 2.62 bits per heavy atom. The molecular weight excluding hydrogens is 280 g/mol. The lowest BCUT2D eigenvalue weighted by Crippen LogP contribution is -2.17. The van der Waals surface area contributed by atoms with Gasteiger partial charge in [0.05, 0.1) is 12.4 Å². The molecule has 0 aliphatic rings. The first-order chi connectivity index (χ1) is 10.2. The van der Waals surface area contributed by atoms with Crippen molar-refractivity contribution >= 4 is 17.5 Å². The van der Waals surface area contributed by atoms with E-state index in [0.29, 0.717) is 5.78 Å². The highest BCUT2D eigenvalue weighted by molar-refractivity contribution is 8.00. The highest BCUT2D eigenvalue weighted by atomic mass is 32.2. The van der Waals surface area contributed by atoms with E-state index in [0.717, 1.165) is 55.6 Å². The van der Waals surface area contributed by atoms with E-state index in [4.69, 9.17) is 4.74 Å². The maximum absolute atomic E-state index is 12.4. The molecule has 1 rings (SSSR count). The van der Waals surface area contributed by atoms with Crippen LogP contribution in [0, 0.1) is 0 Å². The summed E-state index contributed by atoms with van der Waals surface area (Å²) in [7, 11) is 1.67. The molecule has 0 amide bonds. The molecule has 0 saturated carbocycles. The zero-order valence-corrected chi connectivity index (χ0v) is 14.4. The van der Waals surface area contributed by atoms with Gasteiger partial charge in [-0.3, -0.25) is 4.79 Å². The molecule has 1 aromatic carbocycles. The number of thioether (sulfide) groups is 1. The minimum absolute atomic E-state index is 0.0916. The van der Waals surface area contributed by atoms with E-state index in [1.54, 1.807) is 18.9 Å². The van der Waals surface area contributed by atoms with Crippen LogP contribution in [-0.2, 0) is 4.79 Å². The summed E-state index contributed by atoms with van der Waals surface area (Å²) in [5.74, 6) is 1.26. The van der Waals surface area contributed by atoms with Crippen molar-refractivity contribution in [1.29, 1.82) is 0 Å². The number of carbonyl (C=O) groups excluding carboxylic acids is 1. The minimum atomic E-state index is 0.0916. The molecule has 118 valence electrons. The van der Waals surface area contributed by atoms with Gasteiger partial charge in [-0.1, -0.05) is 45.6 Å². The maximum atomic E-state index is 12.4. The molecule has 3 heteroatoms. The topological polar surface area (TPSA) is 26.3 Å². The lowest BCUT2D eigenvalue weighted by molar-refractivity contribution is -0.118. The number of carbonyl (C=O) groups is 1. The van der Waals surface area contributed by atoms with Gasteiger partial charge in [-0.2, -0.15) is 0 Å². The van der Waals surface area contributed by atoms with Crippen LogP contribution in [-0.4, -0.2) is 18.1 Å². The first kappa shape index (κ1) is 18.1. The van der Waals surface area contributed by atoms with Crippen LogP contribution in [0.25, 0.3) is 0 Å². The molecule has 1 unspecified atom stereocenters. The van der Waals surface area contributed by atoms with Crippen molar-refractivity contribution in [3.8, 4) is 5.75 Å². The van der Waals surface area contributed by atoms with Gasteiger partial charge in [-0.05, 0) is 31.0 Å². The molecule has 0 heterocycles. The van der Waals surface area contributed by atoms with E-state index in [1.165, 1.54) is 0 Å². The Labute approximate surface area is 133 Å². The van der Waals surface area contributed by atoms with Crippen molar-refractivity contribution in [3.05, 3.63) is 24.3 Å². The number of rotatable bonds is 11. The van der Waals surface area contributed by atoms with Gasteiger partial charge in [0.1, 0.15) is 11.5 Å². The van der Waals surface area contributed by atoms with Crippen LogP contribution >= 0.6 is 11.8 Å². The van der Waals surface area contributed by atoms with Gasteiger partial charge in [0.25, 0.3) is 0 Å². The molecule has 2 nitrogen and oxygen atoms in total. The summed E-state index contributed by atoms with van der Waals surface area (Å²) in [4.78, 5) is 13.6. The Balaban J connectivity index is 2.65. The fraction of sp³-hybridized carbons (Fsp3) is 0.611. The molecular formula is C18H28O2S. The summed E-state index contributed by atoms with van der Waals surface area (Å²) in [6, 6.07) is 8.00. The van der Waals surface area contributed by atoms with Crippen LogP contribution < -0.4 is 4.74 Å². The third kappa shape index (κ3) is 7.03. The largest absolute Gasteiger partial charge is 0.497 e. The second-order valence-electron chi connectivity index (χ2n) is 5.35. The van der Waals surface area contributed by atoms with E-state index in [2.05, 4.69) is 19.9 Å². The fourth-order valence-electron chi connectivity index (χ4n) is 2.22. The predicted octanol–water partition coefficient (Wildman–Crippen LogP) is 5.50. The van der Waals surface area contributed by atoms with Gasteiger partial charge in [-0.25, -0.2) is 0 Å². The third-order valence-electron chi connectivity index (χ3n) is 3.53. The van der Waals surface area contributed by atoms with Crippen LogP contribution in [0.2, 0.25) is 0 Å². The lowest BCUT2D eigenvalue weighted by atomic mass is 10.1. The summed E-state index contributed by atoms with van der Waals surface area (Å²) >= 11 is 1.69. The quantitative estimate of drug-likeness (QED) is 0.399. The van der Waals surface area contributed by atoms with Gasteiger partial charge >= 0.3 is 0 Å². The number of methoxy groups -OCH3 is 1. The minimum Gasteiger partial charge on any atom is -0.497 e. The van der Waals surface area contributed by atoms with Gasteiger partial charge in [-0.15, -0.1) is 11.8 Å². The van der Waals surface area contributed by atoms with Crippen molar-refractivity contribution in [2.75, 3.05) is 7.11 Å². The number of hydrogen-bond acceptors (Lipinski definition) is 3. The van der Waals surface area contributed by atoms with Gasteiger partial charge in [0.2, 0.25) is 0 Å². The summed E-state index contributed by atoms with van der Waals surface area (Å²) in [6.07, 6.45) is 7.28. The van der Waals surface area contributed by atoms with E-state index < -0.39 is 0 Å². The van der Waals surface area contributed by atoms with Gasteiger partial charge in [0, 0.05) is 11.3 Å². The monoisotopic (exact) mass is 308 g/mol. The van der Waals surface area contributed by atoms with Crippen molar-refractivity contribution in [1.82, 2.24) is 0 Å². The Morgan fingerprint density at radius 1 is 1.19 bits per heavy atom. The fourth-order valence-corrected chi connectivity index (χ4v) is 3.43. The SMILES string of the molecule is CCCCCC(=O)C(CCCC)Sc1cccc(OC)c1. The normalized spacial score (nSPS) is 12.1. The second kappa shape index (κ2) is 10.7. The highest BCUT2D eigenvalue weighted by Crippen LogP contribution is 2.30. The average molecular weight is 308 g/mol. The smallest absolute Gasteiger partial charge is 0.146 e. The lowest BCUT2D eigenvalue weighted by Gasteiger charge is -2.15. The molecule has 0 aliphatic carbocycles. The molecule has 21 heavy (non-hydrogen) atoms. The Bertz CT molecular complexity index is 417. The summed E-state index contributed by atoms with van der Waals surface area (Å²) in [5, 5.41) is 0.0916. The number of unbranched alkanes of at least 4 members (excludes halogenated alkanes) is 3. The summed E-state index contributed by atoms with van der Waals surface area (Å²) in [6.45, 7) is 4.35. The number of ether oxygens (including phenoxy) is 1. The number of hydrogen-bond donors (Lipinski definition) is 0. The van der Waals surface area contributed by atoms with Crippen LogP contribution in [0.1, 0.15) is 58.8 Å². The van der Waals surface area contributed by atoms with Crippen LogP contribution in [0.15, 0.2) is 29.2 Å². The highest BCUT2D eigenvalue weighted by Gasteiger charge is 2.19. The maximum Gasteiger partial charge on any atom is 0.146 e. The number of benzene rings is 1. The molecule has 0 bridgehead atoms. The summed E-state index contributed by atoms with van der Waals surface area (Å²) in [5.41, 5.74) is 0. The zero-order chi connectivity index (χ0) is 15.5. The molecule has 0 N–H and O–H groups in total. The molecule has 0 saturated heterocycles. The Hall–Kier alpha value is -0.960. The van der Waals surface area contributed by atoms with Crippen molar-refractivity contribution in [2.24, 2.45) is 0 Å². The summed E-state index contributed by atoms with van der Waals surface area (Å²) < 4.78 is 5.26. The van der Waals surface area contributed by atoms with E-state index in [-0.39, 0.29) is 5.25 Å². The Kier molecular flexibility index (Phi) is 9.24. The van der Waals surface area contributed by atoms with Crippen LogP contribution in [0.4, 0.5) is 0 Å². The molecule has 0 aromatic heterocycles. The van der Waals surface area contributed by atoms with Crippen LogP contribution in [0.3, 0.4) is 0 Å². The molecule has 0 spiro atoms. The van der Waals surface area contributed by atoms with Crippen molar-refractivity contribution in [3.63, 3.8) is 0 Å². The second-order valence-corrected chi connectivity index (χ2v) is 6.63. The van der Waals surface area contributed by atoms with E-state index in [1.807, 2.05) is 18.2 Å². The zero-order valence-electron chi connectivity index (χ0n) is 13.6. The van der Waals surface area contributed by atoms with Crippen LogP contribution in [0.5, 0.6) is 5.75 Å². The van der Waals surface area contributed by atoms with Gasteiger partial charge < -0.3 is 4.74 Å². The standard InChI is InChI=1S/C18H28O2S/c1-4-6-8-12-17(19)18(13-7-5-2)21-16-11-9-10-15(14-16)20-3/h9-11,14,18H,4-8,12-13H2,1-3H3. The average Bonchev–Trinajstić information content (AvgIpc) is 2.51. The molecule has 1 aromatic rings. The molecule has 0 radical (unpaired) electrons. The van der Waals surface area contributed by atoms with Gasteiger partial charge in [0.15, 0.2) is 0 Å². The molecule has 1 atom stereocenters. The first-order valence-electron chi connectivity index (χ1n) is 8.04.